The smallest absolute Gasteiger partial charge is 0.330 e. The van der Waals surface area contributed by atoms with Crippen LogP contribution in [0.5, 0.6) is 34.5 Å². The van der Waals surface area contributed by atoms with Crippen molar-refractivity contribution in [2.45, 2.75) is 103 Å². The number of fused-ring (bicyclic) bond motifs is 1. The summed E-state index contributed by atoms with van der Waals surface area (Å²) in [6.07, 6.45) is 13.1. The molecule has 6 rings (SSSR count). The zero-order chi connectivity index (χ0) is 51.1. The van der Waals surface area contributed by atoms with Gasteiger partial charge in [0.15, 0.2) is 6.29 Å². The third-order valence-corrected chi connectivity index (χ3v) is 12.8. The highest BCUT2D eigenvalue weighted by Crippen LogP contribution is 2.40. The van der Waals surface area contributed by atoms with Gasteiger partial charge in [-0.2, -0.15) is 0 Å². The summed E-state index contributed by atoms with van der Waals surface area (Å²) >= 11 is 0. The molecule has 2 fully saturated rings. The standard InChI is InChI=1S/C57H64O15/c1-3-51(59)67-35-13-7-5-11-33-65-44-25-29-46(30-26-44)69-54(61)39-17-21-41(22-18-39)56(63)71-50-37-43(38-58)53(49-16-10-9-15-48(49)50)72-57(64)42-23-19-40(20-24-42)55(62)70-47-31-27-45(28-32-47)66-34-12-6-8-14-36-68-52(60)4-2/h3-4,9-10,15-16,25-32,37-42H,1-2,5-8,11-14,17-24,33-36H2. The highest BCUT2D eigenvalue weighted by atomic mass is 16.6. The monoisotopic (exact) mass is 988 g/mol. The Kier molecular flexibility index (Phi) is 21.4. The minimum Gasteiger partial charge on any atom is -0.494 e. The molecule has 0 heterocycles. The summed E-state index contributed by atoms with van der Waals surface area (Å²) in [7, 11) is 0. The first-order valence-corrected chi connectivity index (χ1v) is 25.0. The minimum absolute atomic E-state index is 0.0442. The van der Waals surface area contributed by atoms with Crippen LogP contribution in [-0.2, 0) is 38.2 Å². The number of rotatable bonds is 27. The number of ether oxygens (including phenoxy) is 8. The van der Waals surface area contributed by atoms with E-state index in [1.165, 1.54) is 6.07 Å². The van der Waals surface area contributed by atoms with Crippen LogP contribution in [0, 0.1) is 23.7 Å². The second kappa shape index (κ2) is 28.5. The van der Waals surface area contributed by atoms with Crippen molar-refractivity contribution in [1.29, 1.82) is 0 Å². The molecule has 0 atom stereocenters. The van der Waals surface area contributed by atoms with E-state index >= 15 is 0 Å². The fourth-order valence-corrected chi connectivity index (χ4v) is 8.69. The van der Waals surface area contributed by atoms with E-state index in [0.29, 0.717) is 118 Å². The van der Waals surface area contributed by atoms with E-state index in [-0.39, 0.29) is 29.0 Å². The number of aldehydes is 1. The first-order chi connectivity index (χ1) is 35.0. The van der Waals surface area contributed by atoms with Crippen LogP contribution in [0.1, 0.15) is 113 Å². The van der Waals surface area contributed by atoms with E-state index in [2.05, 4.69) is 13.2 Å². The van der Waals surface area contributed by atoms with E-state index in [9.17, 15) is 33.6 Å². The molecule has 0 N–H and O–H groups in total. The van der Waals surface area contributed by atoms with E-state index < -0.39 is 47.5 Å². The van der Waals surface area contributed by atoms with Crippen molar-refractivity contribution < 1.29 is 71.5 Å². The molecule has 2 aliphatic rings. The molecular weight excluding hydrogens is 925 g/mol. The first kappa shape index (κ1) is 54.1. The van der Waals surface area contributed by atoms with Crippen LogP contribution in [-0.4, -0.2) is 68.5 Å². The van der Waals surface area contributed by atoms with Gasteiger partial charge < -0.3 is 37.9 Å². The fraction of sp³-hybridized carbons (Fsp3) is 0.421. The van der Waals surface area contributed by atoms with Crippen LogP contribution >= 0.6 is 0 Å². The van der Waals surface area contributed by atoms with Crippen molar-refractivity contribution in [2.24, 2.45) is 23.7 Å². The minimum atomic E-state index is -0.521. The summed E-state index contributed by atoms with van der Waals surface area (Å²) in [5, 5.41) is 0.910. The van der Waals surface area contributed by atoms with Gasteiger partial charge in [-0.05, 0) is 157 Å². The van der Waals surface area contributed by atoms with Crippen molar-refractivity contribution in [2.75, 3.05) is 26.4 Å². The quantitative estimate of drug-likeness (QED) is 0.0180. The maximum atomic E-state index is 13.6. The number of hydrogen-bond acceptors (Lipinski definition) is 15. The van der Waals surface area contributed by atoms with Crippen LogP contribution in [0.15, 0.2) is 104 Å². The molecule has 0 aromatic heterocycles. The van der Waals surface area contributed by atoms with E-state index in [4.69, 9.17) is 37.9 Å². The molecule has 15 nitrogen and oxygen atoms in total. The van der Waals surface area contributed by atoms with E-state index in [0.717, 1.165) is 63.5 Å². The lowest BCUT2D eigenvalue weighted by atomic mass is 9.82. The fourth-order valence-electron chi connectivity index (χ4n) is 8.69. The van der Waals surface area contributed by atoms with Gasteiger partial charge >= 0.3 is 35.8 Å². The summed E-state index contributed by atoms with van der Waals surface area (Å²) in [4.78, 5) is 88.0. The zero-order valence-electron chi connectivity index (χ0n) is 40.7. The van der Waals surface area contributed by atoms with Crippen molar-refractivity contribution >= 4 is 52.9 Å². The average Bonchev–Trinajstić information content (AvgIpc) is 3.41. The number of benzene rings is 4. The Morgan fingerprint density at radius 1 is 0.444 bits per heavy atom. The third-order valence-electron chi connectivity index (χ3n) is 12.8. The molecule has 0 spiro atoms. The van der Waals surface area contributed by atoms with Gasteiger partial charge in [-0.25, -0.2) is 9.59 Å². The van der Waals surface area contributed by atoms with Gasteiger partial charge in [0, 0.05) is 22.9 Å². The molecule has 0 amide bonds. The van der Waals surface area contributed by atoms with Crippen LogP contribution in [0.2, 0.25) is 0 Å². The van der Waals surface area contributed by atoms with Crippen molar-refractivity contribution in [3.05, 3.63) is 110 Å². The number of esters is 6. The Morgan fingerprint density at radius 2 is 0.806 bits per heavy atom. The maximum Gasteiger partial charge on any atom is 0.330 e. The normalized spacial score (nSPS) is 17.3. The van der Waals surface area contributed by atoms with Crippen molar-refractivity contribution in [3.8, 4) is 34.5 Å². The molecular formula is C57H64O15. The molecule has 15 heteroatoms. The lowest BCUT2D eigenvalue weighted by Crippen LogP contribution is -2.30. The third kappa shape index (κ3) is 16.7. The molecule has 2 aliphatic carbocycles. The average molecular weight is 989 g/mol. The second-order valence-corrected chi connectivity index (χ2v) is 17.9. The lowest BCUT2D eigenvalue weighted by Gasteiger charge is -2.26. The Labute approximate surface area is 420 Å². The molecule has 72 heavy (non-hydrogen) atoms. The Hall–Kier alpha value is -7.29. The van der Waals surface area contributed by atoms with Gasteiger partial charge in [0.25, 0.3) is 0 Å². The summed E-state index contributed by atoms with van der Waals surface area (Å²) in [6, 6.07) is 22.0. The van der Waals surface area contributed by atoms with Gasteiger partial charge in [0.05, 0.1) is 55.7 Å². The largest absolute Gasteiger partial charge is 0.494 e. The Bertz CT molecular complexity index is 2480. The zero-order valence-corrected chi connectivity index (χ0v) is 40.7. The van der Waals surface area contributed by atoms with E-state index in [1.807, 2.05) is 0 Å². The highest BCUT2D eigenvalue weighted by Gasteiger charge is 2.35. The summed E-state index contributed by atoms with van der Waals surface area (Å²) in [5.41, 5.74) is 0.0442. The summed E-state index contributed by atoms with van der Waals surface area (Å²) in [6.45, 7) is 8.54. The van der Waals surface area contributed by atoms with Crippen molar-refractivity contribution in [3.63, 3.8) is 0 Å². The molecule has 0 unspecified atom stereocenters. The number of hydrogen-bond donors (Lipinski definition) is 0. The lowest BCUT2D eigenvalue weighted by molar-refractivity contribution is -0.145. The Balaban J connectivity index is 0.908. The van der Waals surface area contributed by atoms with Gasteiger partial charge in [0.1, 0.15) is 34.5 Å². The molecule has 0 aliphatic heterocycles. The van der Waals surface area contributed by atoms with Gasteiger partial charge in [-0.1, -0.05) is 37.4 Å². The predicted molar refractivity (Wildman–Crippen MR) is 266 cm³/mol. The summed E-state index contributed by atoms with van der Waals surface area (Å²) in [5.74, 6) is -2.04. The van der Waals surface area contributed by atoms with Crippen molar-refractivity contribution in [1.82, 2.24) is 0 Å². The predicted octanol–water partition coefficient (Wildman–Crippen LogP) is 10.6. The molecule has 4 aromatic rings. The van der Waals surface area contributed by atoms with Gasteiger partial charge in [-0.15, -0.1) is 0 Å². The molecule has 2 saturated carbocycles. The van der Waals surface area contributed by atoms with Crippen LogP contribution in [0.4, 0.5) is 0 Å². The first-order valence-electron chi connectivity index (χ1n) is 25.0. The maximum absolute atomic E-state index is 13.6. The number of carbonyl (C=O) groups excluding carboxylic acids is 7. The van der Waals surface area contributed by atoms with Gasteiger partial charge in [0.2, 0.25) is 0 Å². The molecule has 0 saturated heterocycles. The second-order valence-electron chi connectivity index (χ2n) is 17.9. The molecule has 0 radical (unpaired) electrons. The topological polar surface area (TPSA) is 193 Å². The molecule has 382 valence electrons. The molecule has 4 aromatic carbocycles. The van der Waals surface area contributed by atoms with Crippen LogP contribution < -0.4 is 28.4 Å². The number of unbranched alkanes of at least 4 members (excludes halogenated alkanes) is 6. The number of carbonyl (C=O) groups is 7. The molecule has 0 bridgehead atoms. The SMILES string of the molecule is C=CC(=O)OCCCCCCOc1ccc(OC(=O)C2CCC(C(=O)Oc3cc(C=O)c(OC(=O)C4CCC(C(=O)Oc5ccc(OCCCCCCOC(=O)C=C)cc5)CC4)c4ccccc34)CC2)cc1. The van der Waals surface area contributed by atoms with Crippen LogP contribution in [0.3, 0.4) is 0 Å². The highest BCUT2D eigenvalue weighted by molar-refractivity contribution is 6.02. The Morgan fingerprint density at radius 3 is 1.21 bits per heavy atom. The van der Waals surface area contributed by atoms with Gasteiger partial charge in [-0.3, -0.25) is 24.0 Å². The summed E-state index contributed by atoms with van der Waals surface area (Å²) < 4.78 is 44.8. The van der Waals surface area contributed by atoms with Crippen LogP contribution in [0.25, 0.3) is 10.8 Å². The van der Waals surface area contributed by atoms with E-state index in [1.54, 1.807) is 72.8 Å².